The van der Waals surface area contributed by atoms with E-state index in [-0.39, 0.29) is 36.9 Å². The molecule has 1 aromatic carbocycles. The highest BCUT2D eigenvalue weighted by molar-refractivity contribution is 5.91. The molecule has 1 atom stereocenters. The Hall–Kier alpha value is -1.48. The maximum Gasteiger partial charge on any atom is 0.375 e. The molecular formula is C17H20INO5. The van der Waals surface area contributed by atoms with Crippen LogP contribution in [0, 0.1) is 0 Å². The molecule has 0 unspecified atom stereocenters. The summed E-state index contributed by atoms with van der Waals surface area (Å²) in [5.41, 5.74) is 0.894. The van der Waals surface area contributed by atoms with Crippen LogP contribution in [0.15, 0.2) is 12.1 Å². The second-order valence-corrected chi connectivity index (χ2v) is 6.54. The van der Waals surface area contributed by atoms with E-state index in [1.165, 1.54) is 0 Å². The fourth-order valence-electron chi connectivity index (χ4n) is 3.36. The number of aromatic nitrogens is 1. The molecule has 2 aromatic rings. The summed E-state index contributed by atoms with van der Waals surface area (Å²) in [7, 11) is 3.58. The Labute approximate surface area is 157 Å². The van der Waals surface area contributed by atoms with Crippen LogP contribution >= 0.6 is 0 Å². The lowest BCUT2D eigenvalue weighted by Crippen LogP contribution is -3.00. The average molecular weight is 445 g/mol. The van der Waals surface area contributed by atoms with Crippen molar-refractivity contribution in [2.75, 3.05) is 13.9 Å². The molecule has 1 N–H and O–H groups in total. The van der Waals surface area contributed by atoms with Crippen LogP contribution in [-0.4, -0.2) is 30.7 Å². The maximum atomic E-state index is 10.3. The van der Waals surface area contributed by atoms with Gasteiger partial charge in [-0.3, -0.25) is 0 Å². The Kier molecular flexibility index (Phi) is 4.19. The third-order valence-corrected chi connectivity index (χ3v) is 4.57. The molecule has 6 nitrogen and oxygen atoms in total. The molecule has 24 heavy (non-hydrogen) atoms. The summed E-state index contributed by atoms with van der Waals surface area (Å²) in [4.78, 5) is 0. The predicted octanol–water partition coefficient (Wildman–Crippen LogP) is -1.52. The Morgan fingerprint density at radius 3 is 2.71 bits per heavy atom. The Morgan fingerprint density at radius 1 is 1.29 bits per heavy atom. The highest BCUT2D eigenvalue weighted by Gasteiger charge is 2.43. The summed E-state index contributed by atoms with van der Waals surface area (Å²) < 4.78 is 24.8. The van der Waals surface area contributed by atoms with Crippen LogP contribution in [-0.2, 0) is 13.5 Å². The van der Waals surface area contributed by atoms with Crippen LogP contribution in [0.5, 0.6) is 23.1 Å². The normalized spacial score (nSPS) is 18.1. The van der Waals surface area contributed by atoms with Crippen LogP contribution in [0.25, 0.3) is 10.9 Å². The number of aliphatic hydroxyl groups is 1. The first kappa shape index (κ1) is 17.3. The van der Waals surface area contributed by atoms with Crippen molar-refractivity contribution < 1.29 is 52.6 Å². The van der Waals surface area contributed by atoms with Crippen LogP contribution in [0.3, 0.4) is 0 Å². The van der Waals surface area contributed by atoms with Gasteiger partial charge in [0.05, 0.1) is 18.1 Å². The first-order chi connectivity index (χ1) is 10.9. The van der Waals surface area contributed by atoms with Gasteiger partial charge in [-0.1, -0.05) is 0 Å². The third-order valence-electron chi connectivity index (χ3n) is 4.57. The number of methoxy groups -OCH3 is 1. The van der Waals surface area contributed by atoms with Gasteiger partial charge in [0.25, 0.3) is 5.52 Å². The van der Waals surface area contributed by atoms with Gasteiger partial charge in [0.15, 0.2) is 5.75 Å². The van der Waals surface area contributed by atoms with E-state index < -0.39 is 5.60 Å². The first-order valence-electron chi connectivity index (χ1n) is 7.62. The highest BCUT2D eigenvalue weighted by Crippen LogP contribution is 2.45. The lowest BCUT2D eigenvalue weighted by molar-refractivity contribution is -0.651. The summed E-state index contributed by atoms with van der Waals surface area (Å²) in [5, 5.41) is 11.3. The monoisotopic (exact) mass is 445 g/mol. The fraction of sp³-hybridized carbons (Fsp3) is 0.471. The lowest BCUT2D eigenvalue weighted by Gasteiger charge is -2.23. The van der Waals surface area contributed by atoms with Crippen molar-refractivity contribution in [2.24, 2.45) is 7.05 Å². The Bertz CT molecular complexity index is 815. The topological polar surface area (TPSA) is 61.0 Å². The number of ether oxygens (including phenoxy) is 4. The summed E-state index contributed by atoms with van der Waals surface area (Å²) in [5.74, 6) is 2.87. The molecule has 7 heteroatoms. The molecule has 0 amide bonds. The van der Waals surface area contributed by atoms with Gasteiger partial charge in [0, 0.05) is 6.42 Å². The van der Waals surface area contributed by atoms with Crippen LogP contribution in [0.2, 0.25) is 0 Å². The van der Waals surface area contributed by atoms with E-state index in [0.29, 0.717) is 23.8 Å². The minimum absolute atomic E-state index is 0. The van der Waals surface area contributed by atoms with Crippen LogP contribution < -0.4 is 47.5 Å². The molecule has 130 valence electrons. The first-order valence-corrected chi connectivity index (χ1v) is 7.62. The number of fused-ring (bicyclic) bond motifs is 4. The fourth-order valence-corrected chi connectivity index (χ4v) is 3.36. The van der Waals surface area contributed by atoms with E-state index in [1.807, 2.05) is 23.7 Å². The Balaban J connectivity index is 0.00000169. The zero-order valence-corrected chi connectivity index (χ0v) is 16.2. The third kappa shape index (κ3) is 2.36. The van der Waals surface area contributed by atoms with E-state index in [1.54, 1.807) is 21.0 Å². The van der Waals surface area contributed by atoms with Gasteiger partial charge in [-0.2, -0.15) is 4.57 Å². The maximum absolute atomic E-state index is 10.3. The molecule has 0 radical (unpaired) electrons. The minimum atomic E-state index is -0.940. The van der Waals surface area contributed by atoms with E-state index in [4.69, 9.17) is 18.9 Å². The number of aryl methyl sites for hydroxylation is 1. The second-order valence-electron chi connectivity index (χ2n) is 6.54. The lowest BCUT2D eigenvalue weighted by atomic mass is 9.96. The molecule has 0 spiro atoms. The number of nitrogens with zero attached hydrogens (tertiary/aromatic N) is 1. The molecule has 4 rings (SSSR count). The molecule has 0 saturated heterocycles. The summed E-state index contributed by atoms with van der Waals surface area (Å²) in [6.07, 6.45) is 0.278. The predicted molar refractivity (Wildman–Crippen MR) is 82.2 cm³/mol. The standard InChI is InChI=1S/C17H20NO5.HI/c1-17(2,19)12-7-10-14(20-4)9-5-6-11-15(22-8-21-11)13(9)18(3)16(10)23-12;/h5-6,12,19H,7-8H2,1-4H3;1H/q+1;/p-1/t12-;/m0./s1. The van der Waals surface area contributed by atoms with E-state index in [9.17, 15) is 5.11 Å². The molecule has 0 bridgehead atoms. The van der Waals surface area contributed by atoms with Gasteiger partial charge in [-0.05, 0) is 26.0 Å². The van der Waals surface area contributed by atoms with Gasteiger partial charge in [0.1, 0.15) is 24.5 Å². The van der Waals surface area contributed by atoms with Gasteiger partial charge in [0.2, 0.25) is 12.5 Å². The largest absolute Gasteiger partial charge is 1.00 e. The second kappa shape index (κ2) is 5.80. The van der Waals surface area contributed by atoms with Crippen molar-refractivity contribution in [1.29, 1.82) is 0 Å². The molecule has 0 fully saturated rings. The number of rotatable bonds is 2. The Morgan fingerprint density at radius 2 is 2.04 bits per heavy atom. The SMILES string of the molecule is COc1c2c([n+](C)c3c4c(ccc13)OCO4)O[C@H](C(C)(C)O)C2.[I-]. The number of halogens is 1. The number of hydrogen-bond acceptors (Lipinski definition) is 5. The van der Waals surface area contributed by atoms with Crippen molar-refractivity contribution in [2.45, 2.75) is 32.0 Å². The van der Waals surface area contributed by atoms with Gasteiger partial charge in [-0.15, -0.1) is 0 Å². The zero-order valence-electron chi connectivity index (χ0n) is 14.1. The average Bonchev–Trinajstić information content (AvgIpc) is 3.13. The quantitative estimate of drug-likeness (QED) is 0.450. The summed E-state index contributed by atoms with van der Waals surface area (Å²) >= 11 is 0. The van der Waals surface area contributed by atoms with Gasteiger partial charge >= 0.3 is 5.88 Å². The van der Waals surface area contributed by atoms with Gasteiger partial charge in [-0.25, -0.2) is 0 Å². The van der Waals surface area contributed by atoms with Crippen molar-refractivity contribution >= 4 is 10.9 Å². The summed E-state index contributed by atoms with van der Waals surface area (Å²) in [6.45, 7) is 3.72. The van der Waals surface area contributed by atoms with Crippen molar-refractivity contribution in [1.82, 2.24) is 0 Å². The van der Waals surface area contributed by atoms with Crippen LogP contribution in [0.1, 0.15) is 19.4 Å². The minimum Gasteiger partial charge on any atom is -1.00 e. The van der Waals surface area contributed by atoms with Gasteiger partial charge < -0.3 is 48.0 Å². The molecule has 2 aliphatic heterocycles. The van der Waals surface area contributed by atoms with Crippen molar-refractivity contribution in [3.05, 3.63) is 17.7 Å². The number of pyridine rings is 1. The smallest absolute Gasteiger partial charge is 0.375 e. The number of benzene rings is 1. The summed E-state index contributed by atoms with van der Waals surface area (Å²) in [6, 6.07) is 3.86. The number of hydrogen-bond donors (Lipinski definition) is 1. The van der Waals surface area contributed by atoms with Crippen molar-refractivity contribution in [3.63, 3.8) is 0 Å². The molecule has 2 aliphatic rings. The highest BCUT2D eigenvalue weighted by atomic mass is 127. The molecule has 1 aromatic heterocycles. The molecule has 0 aliphatic carbocycles. The molecule has 3 heterocycles. The van der Waals surface area contributed by atoms with Crippen molar-refractivity contribution in [3.8, 4) is 23.1 Å². The zero-order chi connectivity index (χ0) is 16.4. The molecule has 0 saturated carbocycles. The van der Waals surface area contributed by atoms with E-state index in [0.717, 1.165) is 22.2 Å². The van der Waals surface area contributed by atoms with E-state index in [2.05, 4.69) is 0 Å². The van der Waals surface area contributed by atoms with Crippen LogP contribution in [0.4, 0.5) is 0 Å². The van der Waals surface area contributed by atoms with E-state index >= 15 is 0 Å². The molecular weight excluding hydrogens is 425 g/mol.